The highest BCUT2D eigenvalue weighted by Crippen LogP contribution is 2.63. The van der Waals surface area contributed by atoms with Gasteiger partial charge in [0.05, 0.1) is 6.10 Å². The van der Waals surface area contributed by atoms with Gasteiger partial charge in [0.2, 0.25) is 0 Å². The molecule has 0 heterocycles. The van der Waals surface area contributed by atoms with Gasteiger partial charge in [0.1, 0.15) is 5.78 Å². The van der Waals surface area contributed by atoms with Gasteiger partial charge in [0, 0.05) is 23.2 Å². The number of aliphatic hydroxyl groups excluding tert-OH is 1. The highest BCUT2D eigenvalue weighted by molar-refractivity contribution is 6.01. The van der Waals surface area contributed by atoms with Crippen LogP contribution in [0.3, 0.4) is 0 Å². The van der Waals surface area contributed by atoms with Crippen LogP contribution in [0.15, 0.2) is 23.8 Å². The number of carbonyl (C=O) groups excluding carboxylic acids is 2. The lowest BCUT2D eigenvalue weighted by Crippen LogP contribution is -2.55. The molecule has 0 saturated heterocycles. The second-order valence-corrected chi connectivity index (χ2v) is 8.17. The Kier molecular flexibility index (Phi) is 2.88. The lowest BCUT2D eigenvalue weighted by Gasteiger charge is -2.57. The minimum absolute atomic E-state index is 0.0668. The molecule has 4 aliphatic rings. The Morgan fingerprint density at radius 2 is 1.95 bits per heavy atom. The third kappa shape index (κ3) is 1.66. The number of ketones is 2. The van der Waals surface area contributed by atoms with E-state index in [1.54, 1.807) is 12.2 Å². The first-order chi connectivity index (χ1) is 10.4. The molecule has 0 aromatic carbocycles. The molecule has 3 saturated carbocycles. The van der Waals surface area contributed by atoms with E-state index in [-0.39, 0.29) is 22.5 Å². The third-order valence-electron chi connectivity index (χ3n) is 7.21. The fourth-order valence-electron chi connectivity index (χ4n) is 6.10. The molecule has 3 fully saturated rings. The largest absolute Gasteiger partial charge is 0.393 e. The Balaban J connectivity index is 1.77. The van der Waals surface area contributed by atoms with Crippen molar-refractivity contribution < 1.29 is 14.7 Å². The molecule has 0 aromatic heterocycles. The van der Waals surface area contributed by atoms with Gasteiger partial charge in [0.25, 0.3) is 0 Å². The number of hydrogen-bond donors (Lipinski definition) is 1. The lowest BCUT2D eigenvalue weighted by molar-refractivity contribution is -0.142. The topological polar surface area (TPSA) is 54.4 Å². The second-order valence-electron chi connectivity index (χ2n) is 8.17. The molecule has 0 aliphatic heterocycles. The Hall–Kier alpha value is -1.22. The van der Waals surface area contributed by atoms with E-state index < -0.39 is 6.10 Å². The minimum Gasteiger partial charge on any atom is -0.393 e. The zero-order valence-corrected chi connectivity index (χ0v) is 13.3. The van der Waals surface area contributed by atoms with Crippen LogP contribution in [-0.2, 0) is 9.59 Å². The van der Waals surface area contributed by atoms with Crippen molar-refractivity contribution in [3.8, 4) is 0 Å². The summed E-state index contributed by atoms with van der Waals surface area (Å²) in [5, 5.41) is 10.9. The van der Waals surface area contributed by atoms with Crippen molar-refractivity contribution in [2.75, 3.05) is 0 Å². The SMILES string of the molecule is CC12C=CC(=O)C=C1CCC1C2C(O)CC2(C)C(=O)CCC12. The highest BCUT2D eigenvalue weighted by atomic mass is 16.3. The molecule has 3 heteroatoms. The van der Waals surface area contributed by atoms with Crippen molar-refractivity contribution in [3.63, 3.8) is 0 Å². The summed E-state index contributed by atoms with van der Waals surface area (Å²) < 4.78 is 0. The standard InChI is InChI=1S/C19H24O3/c1-18-8-7-12(20)9-11(18)3-4-13-14-5-6-16(22)19(14,2)10-15(21)17(13)18/h7-9,13-15,17,21H,3-6,10H2,1-2H3. The van der Waals surface area contributed by atoms with Gasteiger partial charge in [-0.25, -0.2) is 0 Å². The van der Waals surface area contributed by atoms with Crippen LogP contribution in [0.25, 0.3) is 0 Å². The van der Waals surface area contributed by atoms with Gasteiger partial charge in [-0.2, -0.15) is 0 Å². The number of hydrogen-bond acceptors (Lipinski definition) is 3. The summed E-state index contributed by atoms with van der Waals surface area (Å²) in [5.74, 6) is 1.34. The fraction of sp³-hybridized carbons (Fsp3) is 0.684. The second kappa shape index (κ2) is 4.41. The van der Waals surface area contributed by atoms with E-state index in [0.29, 0.717) is 30.5 Å². The summed E-state index contributed by atoms with van der Waals surface area (Å²) in [6, 6.07) is 0. The van der Waals surface area contributed by atoms with E-state index in [9.17, 15) is 14.7 Å². The predicted molar refractivity (Wildman–Crippen MR) is 83.0 cm³/mol. The number of allylic oxidation sites excluding steroid dienone is 4. The molecular weight excluding hydrogens is 276 g/mol. The maximum atomic E-state index is 12.4. The van der Waals surface area contributed by atoms with Gasteiger partial charge in [-0.05, 0) is 49.7 Å². The van der Waals surface area contributed by atoms with E-state index in [1.807, 2.05) is 6.08 Å². The predicted octanol–water partition coefficient (Wildman–Crippen LogP) is 2.83. The van der Waals surface area contributed by atoms with Gasteiger partial charge in [-0.3, -0.25) is 9.59 Å². The van der Waals surface area contributed by atoms with E-state index >= 15 is 0 Å². The molecule has 0 radical (unpaired) electrons. The van der Waals surface area contributed by atoms with Crippen LogP contribution in [0, 0.1) is 28.6 Å². The van der Waals surface area contributed by atoms with E-state index in [4.69, 9.17) is 0 Å². The molecule has 0 bridgehead atoms. The van der Waals surface area contributed by atoms with Crippen LogP contribution in [0.2, 0.25) is 0 Å². The van der Waals surface area contributed by atoms with Gasteiger partial charge >= 0.3 is 0 Å². The third-order valence-corrected chi connectivity index (χ3v) is 7.21. The number of carbonyl (C=O) groups is 2. The Labute approximate surface area is 131 Å². The van der Waals surface area contributed by atoms with Crippen molar-refractivity contribution in [3.05, 3.63) is 23.8 Å². The van der Waals surface area contributed by atoms with Crippen LogP contribution in [0.4, 0.5) is 0 Å². The summed E-state index contributed by atoms with van der Waals surface area (Å²) in [5.41, 5.74) is 0.628. The molecule has 4 aliphatic carbocycles. The van der Waals surface area contributed by atoms with E-state index in [1.165, 1.54) is 5.57 Å². The van der Waals surface area contributed by atoms with Crippen molar-refractivity contribution in [2.45, 2.75) is 52.1 Å². The molecule has 22 heavy (non-hydrogen) atoms. The van der Waals surface area contributed by atoms with Crippen molar-refractivity contribution in [1.29, 1.82) is 0 Å². The maximum absolute atomic E-state index is 12.4. The summed E-state index contributed by atoms with van der Waals surface area (Å²) in [6.45, 7) is 4.24. The van der Waals surface area contributed by atoms with E-state index in [0.717, 1.165) is 19.3 Å². The molecule has 118 valence electrons. The fourth-order valence-corrected chi connectivity index (χ4v) is 6.10. The summed E-state index contributed by atoms with van der Waals surface area (Å²) in [7, 11) is 0. The van der Waals surface area contributed by atoms with Gasteiger partial charge in [-0.1, -0.05) is 25.5 Å². The van der Waals surface area contributed by atoms with Crippen LogP contribution < -0.4 is 0 Å². The summed E-state index contributed by atoms with van der Waals surface area (Å²) in [4.78, 5) is 24.1. The number of aliphatic hydroxyl groups is 1. The minimum atomic E-state index is -0.458. The first-order valence-electron chi connectivity index (χ1n) is 8.52. The average molecular weight is 300 g/mol. The van der Waals surface area contributed by atoms with Gasteiger partial charge in [0.15, 0.2) is 5.78 Å². The summed E-state index contributed by atoms with van der Waals surface area (Å²) >= 11 is 0. The molecule has 3 nitrogen and oxygen atoms in total. The first-order valence-corrected chi connectivity index (χ1v) is 8.52. The van der Waals surface area contributed by atoms with Gasteiger partial charge < -0.3 is 5.11 Å². The molecular formula is C19H24O3. The quantitative estimate of drug-likeness (QED) is 0.748. The zero-order valence-electron chi connectivity index (χ0n) is 13.3. The molecule has 4 rings (SSSR count). The Morgan fingerprint density at radius 3 is 2.73 bits per heavy atom. The van der Waals surface area contributed by atoms with Crippen molar-refractivity contribution >= 4 is 11.6 Å². The van der Waals surface area contributed by atoms with Crippen LogP contribution >= 0.6 is 0 Å². The lowest BCUT2D eigenvalue weighted by atomic mass is 9.47. The molecule has 1 N–H and O–H groups in total. The zero-order chi connectivity index (χ0) is 15.7. The Morgan fingerprint density at radius 1 is 1.18 bits per heavy atom. The average Bonchev–Trinajstić information content (AvgIpc) is 2.75. The van der Waals surface area contributed by atoms with Gasteiger partial charge in [-0.15, -0.1) is 0 Å². The first kappa shape index (κ1) is 14.4. The van der Waals surface area contributed by atoms with Crippen molar-refractivity contribution in [1.82, 2.24) is 0 Å². The number of rotatable bonds is 0. The molecule has 6 unspecified atom stereocenters. The van der Waals surface area contributed by atoms with Crippen LogP contribution in [0.5, 0.6) is 0 Å². The molecule has 6 atom stereocenters. The Bertz CT molecular complexity index is 616. The van der Waals surface area contributed by atoms with E-state index in [2.05, 4.69) is 13.8 Å². The van der Waals surface area contributed by atoms with Crippen LogP contribution in [-0.4, -0.2) is 22.8 Å². The smallest absolute Gasteiger partial charge is 0.178 e. The molecule has 0 amide bonds. The maximum Gasteiger partial charge on any atom is 0.178 e. The number of Topliss-reactive ketones (excluding diaryl/α,β-unsaturated/α-hetero) is 1. The normalized spacial score (nSPS) is 50.2. The molecule has 0 spiro atoms. The highest BCUT2D eigenvalue weighted by Gasteiger charge is 2.61. The molecule has 0 aromatic rings. The van der Waals surface area contributed by atoms with Crippen LogP contribution in [0.1, 0.15) is 46.0 Å². The monoisotopic (exact) mass is 300 g/mol. The summed E-state index contributed by atoms with van der Waals surface area (Å²) in [6.07, 6.45) is 9.14. The number of fused-ring (bicyclic) bond motifs is 5. The van der Waals surface area contributed by atoms with Crippen molar-refractivity contribution in [2.24, 2.45) is 28.6 Å².